The normalized spacial score (nSPS) is 15.3. The molecule has 5 nitrogen and oxygen atoms in total. The van der Waals surface area contributed by atoms with Crippen LogP contribution < -0.4 is 5.56 Å². The van der Waals surface area contributed by atoms with Crippen molar-refractivity contribution in [2.75, 3.05) is 13.1 Å². The zero-order chi connectivity index (χ0) is 19.8. The summed E-state index contributed by atoms with van der Waals surface area (Å²) in [4.78, 5) is 36.2. The molecule has 2 aromatic heterocycles. The first kappa shape index (κ1) is 19.1. The maximum Gasteiger partial charge on any atom is 0.260 e. The molecule has 0 aliphatic carbocycles. The van der Waals surface area contributed by atoms with Gasteiger partial charge in [0.25, 0.3) is 5.56 Å². The zero-order valence-electron chi connectivity index (χ0n) is 15.6. The van der Waals surface area contributed by atoms with Crippen LogP contribution >= 0.6 is 23.1 Å². The van der Waals surface area contributed by atoms with E-state index in [0.29, 0.717) is 15.4 Å². The van der Waals surface area contributed by atoms with Crippen molar-refractivity contribution in [1.82, 2.24) is 14.9 Å². The number of nitrogens with zero attached hydrogens (tertiary/aromatic N) is 2. The lowest BCUT2D eigenvalue weighted by Crippen LogP contribution is -2.34. The van der Waals surface area contributed by atoms with Crippen molar-refractivity contribution in [3.8, 4) is 11.1 Å². The average Bonchev–Trinajstić information content (AvgIpc) is 3.29. The summed E-state index contributed by atoms with van der Waals surface area (Å²) in [5.41, 5.74) is 1.33. The minimum Gasteiger partial charge on any atom is -0.342 e. The Kier molecular flexibility index (Phi) is 5.25. The van der Waals surface area contributed by atoms with Gasteiger partial charge in [-0.25, -0.2) is 9.37 Å². The van der Waals surface area contributed by atoms with Crippen LogP contribution in [0, 0.1) is 12.7 Å². The molecule has 0 unspecified atom stereocenters. The molecule has 1 saturated heterocycles. The molecule has 4 rings (SSSR count). The predicted molar refractivity (Wildman–Crippen MR) is 112 cm³/mol. The number of thioether (sulfide) groups is 1. The minimum absolute atomic E-state index is 0.0830. The van der Waals surface area contributed by atoms with Crippen LogP contribution in [-0.4, -0.2) is 39.1 Å². The average molecular weight is 418 g/mol. The van der Waals surface area contributed by atoms with E-state index in [0.717, 1.165) is 41.9 Å². The van der Waals surface area contributed by atoms with Crippen LogP contribution in [0.4, 0.5) is 4.39 Å². The van der Waals surface area contributed by atoms with Crippen molar-refractivity contribution in [3.05, 3.63) is 45.3 Å². The molecule has 0 saturated carbocycles. The largest absolute Gasteiger partial charge is 0.342 e. The molecule has 1 aliphatic heterocycles. The van der Waals surface area contributed by atoms with Gasteiger partial charge in [-0.15, -0.1) is 11.3 Å². The monoisotopic (exact) mass is 417 g/mol. The number of aryl methyl sites for hydroxylation is 1. The summed E-state index contributed by atoms with van der Waals surface area (Å²) in [6.07, 6.45) is 2.09. The Morgan fingerprint density at radius 1 is 1.29 bits per heavy atom. The standard InChI is InChI=1S/C20H20FN3O2S2/c1-11-15(13-5-7-14(21)8-6-13)16-17(25)22-20(23-18(16)27-11)28-12(2)19(26)24-9-3-4-10-24/h5-8,12H,3-4,9-10H2,1-2H3,(H,22,23,25)/t12-/m1/s1. The Balaban J connectivity index is 1.67. The first-order chi connectivity index (χ1) is 13.4. The molecule has 1 aromatic carbocycles. The Morgan fingerprint density at radius 2 is 1.96 bits per heavy atom. The highest BCUT2D eigenvalue weighted by atomic mass is 32.2. The van der Waals surface area contributed by atoms with E-state index >= 15 is 0 Å². The molecule has 3 aromatic rings. The van der Waals surface area contributed by atoms with E-state index in [-0.39, 0.29) is 22.5 Å². The van der Waals surface area contributed by atoms with E-state index in [1.54, 1.807) is 12.1 Å². The number of H-pyrrole nitrogens is 1. The first-order valence-corrected chi connectivity index (χ1v) is 10.9. The van der Waals surface area contributed by atoms with Crippen molar-refractivity contribution in [1.29, 1.82) is 0 Å². The highest BCUT2D eigenvalue weighted by Gasteiger charge is 2.25. The summed E-state index contributed by atoms with van der Waals surface area (Å²) in [6, 6.07) is 6.11. The summed E-state index contributed by atoms with van der Waals surface area (Å²) in [6.45, 7) is 5.38. The number of benzene rings is 1. The Bertz CT molecular complexity index is 1090. The SMILES string of the molecule is Cc1sc2nc(S[C@H](C)C(=O)N3CCCC3)[nH]c(=O)c2c1-c1ccc(F)cc1. The topological polar surface area (TPSA) is 66.1 Å². The highest BCUT2D eigenvalue weighted by molar-refractivity contribution is 8.00. The van der Waals surface area contributed by atoms with Crippen LogP contribution in [0.2, 0.25) is 0 Å². The van der Waals surface area contributed by atoms with E-state index in [1.165, 1.54) is 35.2 Å². The fourth-order valence-electron chi connectivity index (χ4n) is 3.53. The molecule has 28 heavy (non-hydrogen) atoms. The second-order valence-corrected chi connectivity index (χ2v) is 9.42. The maximum atomic E-state index is 13.3. The van der Waals surface area contributed by atoms with Crippen LogP contribution in [0.1, 0.15) is 24.6 Å². The lowest BCUT2D eigenvalue weighted by atomic mass is 10.0. The lowest BCUT2D eigenvalue weighted by Gasteiger charge is -2.19. The number of fused-ring (bicyclic) bond motifs is 1. The molecule has 8 heteroatoms. The van der Waals surface area contributed by atoms with E-state index in [1.807, 2.05) is 18.7 Å². The van der Waals surface area contributed by atoms with Crippen molar-refractivity contribution in [3.63, 3.8) is 0 Å². The summed E-state index contributed by atoms with van der Waals surface area (Å²) >= 11 is 2.71. The maximum absolute atomic E-state index is 13.3. The third-order valence-corrected chi connectivity index (χ3v) is 6.87. The first-order valence-electron chi connectivity index (χ1n) is 9.19. The van der Waals surface area contributed by atoms with Gasteiger partial charge in [0, 0.05) is 23.5 Å². The van der Waals surface area contributed by atoms with Gasteiger partial charge in [0.2, 0.25) is 5.91 Å². The van der Waals surface area contributed by atoms with Crippen molar-refractivity contribution in [2.45, 2.75) is 37.1 Å². The highest BCUT2D eigenvalue weighted by Crippen LogP contribution is 2.36. The molecule has 146 valence electrons. The number of rotatable bonds is 4. The van der Waals surface area contributed by atoms with Gasteiger partial charge in [-0.3, -0.25) is 9.59 Å². The van der Waals surface area contributed by atoms with Crippen molar-refractivity contribution >= 4 is 39.2 Å². The summed E-state index contributed by atoms with van der Waals surface area (Å²) < 4.78 is 13.3. The van der Waals surface area contributed by atoms with Gasteiger partial charge in [0.15, 0.2) is 5.16 Å². The quantitative estimate of drug-likeness (QED) is 0.510. The predicted octanol–water partition coefficient (Wildman–Crippen LogP) is 4.20. The van der Waals surface area contributed by atoms with Crippen LogP contribution in [0.25, 0.3) is 21.3 Å². The number of aromatic nitrogens is 2. The third-order valence-electron chi connectivity index (χ3n) is 4.90. The summed E-state index contributed by atoms with van der Waals surface area (Å²) in [5, 5.41) is 0.651. The molecule has 1 fully saturated rings. The molecular formula is C20H20FN3O2S2. The van der Waals surface area contributed by atoms with E-state index < -0.39 is 0 Å². The molecule has 3 heterocycles. The number of hydrogen-bond donors (Lipinski definition) is 1. The number of carbonyl (C=O) groups excluding carboxylic acids is 1. The van der Waals surface area contributed by atoms with Gasteiger partial charge < -0.3 is 9.88 Å². The van der Waals surface area contributed by atoms with Crippen LogP contribution in [-0.2, 0) is 4.79 Å². The molecule has 1 amide bonds. The minimum atomic E-state index is -0.316. The van der Waals surface area contributed by atoms with Crippen LogP contribution in [0.3, 0.4) is 0 Å². The number of likely N-dealkylation sites (tertiary alicyclic amines) is 1. The van der Waals surface area contributed by atoms with Crippen LogP contribution in [0.5, 0.6) is 0 Å². The Labute approximate surface area is 170 Å². The number of thiophene rings is 1. The molecule has 1 N–H and O–H groups in total. The van der Waals surface area contributed by atoms with Gasteiger partial charge >= 0.3 is 0 Å². The lowest BCUT2D eigenvalue weighted by molar-refractivity contribution is -0.129. The van der Waals surface area contributed by atoms with Gasteiger partial charge in [0.1, 0.15) is 10.6 Å². The van der Waals surface area contributed by atoms with E-state index in [2.05, 4.69) is 9.97 Å². The fraction of sp³-hybridized carbons (Fsp3) is 0.350. The number of hydrogen-bond acceptors (Lipinski definition) is 5. The van der Waals surface area contributed by atoms with Crippen LogP contribution in [0.15, 0.2) is 34.2 Å². The van der Waals surface area contributed by atoms with Gasteiger partial charge in [-0.2, -0.15) is 0 Å². The van der Waals surface area contributed by atoms with Gasteiger partial charge in [-0.1, -0.05) is 23.9 Å². The summed E-state index contributed by atoms with van der Waals surface area (Å²) in [7, 11) is 0. The van der Waals surface area contributed by atoms with Gasteiger partial charge in [-0.05, 0) is 44.4 Å². The molecule has 1 atom stereocenters. The van der Waals surface area contributed by atoms with E-state index in [4.69, 9.17) is 0 Å². The Hall–Kier alpha value is -2.19. The second-order valence-electron chi connectivity index (χ2n) is 6.88. The molecular weight excluding hydrogens is 397 g/mol. The van der Waals surface area contributed by atoms with E-state index in [9.17, 15) is 14.0 Å². The van der Waals surface area contributed by atoms with Gasteiger partial charge in [0.05, 0.1) is 10.6 Å². The molecule has 0 bridgehead atoms. The second kappa shape index (κ2) is 7.67. The number of halogens is 1. The molecule has 1 aliphatic rings. The van der Waals surface area contributed by atoms with Crippen molar-refractivity contribution < 1.29 is 9.18 Å². The molecule has 0 radical (unpaired) electrons. The number of nitrogens with one attached hydrogen (secondary N) is 1. The number of amides is 1. The Morgan fingerprint density at radius 3 is 2.64 bits per heavy atom. The van der Waals surface area contributed by atoms with Crippen molar-refractivity contribution in [2.24, 2.45) is 0 Å². The number of carbonyl (C=O) groups is 1. The number of aromatic amines is 1. The fourth-order valence-corrected chi connectivity index (χ4v) is 5.52. The smallest absolute Gasteiger partial charge is 0.260 e. The molecule has 0 spiro atoms. The summed E-state index contributed by atoms with van der Waals surface area (Å²) in [5.74, 6) is -0.233. The zero-order valence-corrected chi connectivity index (χ0v) is 17.3. The third kappa shape index (κ3) is 3.58.